The maximum atomic E-state index is 11.9. The van der Waals surface area contributed by atoms with E-state index in [1.54, 1.807) is 17.1 Å². The van der Waals surface area contributed by atoms with E-state index < -0.39 is 4.33 Å². The Hall–Kier alpha value is -1.79. The number of nitrogens with zero attached hydrogens (tertiary/aromatic N) is 3. The molecular formula is C16H19Cl2N5O. The molecule has 0 spiro atoms. The summed E-state index contributed by atoms with van der Waals surface area (Å²) in [4.78, 5) is 11.9. The fourth-order valence-corrected chi connectivity index (χ4v) is 3.13. The lowest BCUT2D eigenvalue weighted by Gasteiger charge is -2.15. The Morgan fingerprint density at radius 1 is 1.42 bits per heavy atom. The molecule has 6 nitrogen and oxygen atoms in total. The first-order valence-electron chi connectivity index (χ1n) is 7.84. The molecule has 1 aromatic heterocycles. The zero-order valence-electron chi connectivity index (χ0n) is 13.2. The smallest absolute Gasteiger partial charge is 0.315 e. The van der Waals surface area contributed by atoms with Gasteiger partial charge in [0.1, 0.15) is 4.33 Å². The summed E-state index contributed by atoms with van der Waals surface area (Å²) in [5.41, 5.74) is 1.93. The molecule has 2 atom stereocenters. The topological polar surface area (TPSA) is 71.8 Å². The quantitative estimate of drug-likeness (QED) is 0.769. The van der Waals surface area contributed by atoms with Crippen molar-refractivity contribution in [2.45, 2.75) is 30.1 Å². The molecule has 1 aromatic carbocycles. The molecule has 128 valence electrons. The van der Waals surface area contributed by atoms with Gasteiger partial charge in [0.15, 0.2) is 0 Å². The summed E-state index contributed by atoms with van der Waals surface area (Å²) >= 11 is 11.9. The fraction of sp³-hybridized carbons (Fsp3) is 0.438. The minimum absolute atomic E-state index is 0.101. The van der Waals surface area contributed by atoms with Crippen molar-refractivity contribution >= 4 is 29.2 Å². The minimum Gasteiger partial charge on any atom is -0.338 e. The molecule has 1 fully saturated rings. The summed E-state index contributed by atoms with van der Waals surface area (Å²) in [5.74, 6) is 0.280. The van der Waals surface area contributed by atoms with Crippen LogP contribution in [-0.4, -0.2) is 31.9 Å². The van der Waals surface area contributed by atoms with Gasteiger partial charge in [-0.15, -0.1) is 28.3 Å². The van der Waals surface area contributed by atoms with Crippen LogP contribution in [0, 0.1) is 5.92 Å². The van der Waals surface area contributed by atoms with Gasteiger partial charge in [0.25, 0.3) is 0 Å². The maximum Gasteiger partial charge on any atom is 0.315 e. The van der Waals surface area contributed by atoms with E-state index in [-0.39, 0.29) is 18.0 Å². The molecule has 1 heterocycles. The van der Waals surface area contributed by atoms with Crippen LogP contribution in [0.5, 0.6) is 0 Å². The minimum atomic E-state index is -0.586. The molecule has 0 saturated heterocycles. The van der Waals surface area contributed by atoms with Gasteiger partial charge in [0.05, 0.1) is 24.1 Å². The molecule has 2 N–H and O–H groups in total. The number of halogens is 2. The number of rotatable bonds is 6. The maximum absolute atomic E-state index is 11.9. The third kappa shape index (κ3) is 4.19. The summed E-state index contributed by atoms with van der Waals surface area (Å²) in [7, 11) is 0. The van der Waals surface area contributed by atoms with E-state index in [2.05, 4.69) is 20.9 Å². The number of carbonyl (C=O) groups is 1. The van der Waals surface area contributed by atoms with E-state index in [1.165, 1.54) is 0 Å². The van der Waals surface area contributed by atoms with Crippen molar-refractivity contribution in [2.24, 2.45) is 5.92 Å². The van der Waals surface area contributed by atoms with E-state index in [0.29, 0.717) is 6.54 Å². The molecule has 2 aromatic rings. The second kappa shape index (κ2) is 6.99. The first-order chi connectivity index (χ1) is 11.5. The molecule has 1 saturated carbocycles. The third-order valence-electron chi connectivity index (χ3n) is 4.16. The summed E-state index contributed by atoms with van der Waals surface area (Å²) < 4.78 is 1.09. The highest BCUT2D eigenvalue weighted by Crippen LogP contribution is 2.54. The number of aromatic nitrogens is 3. The predicted octanol–water partition coefficient (Wildman–Crippen LogP) is 3.21. The lowest BCUT2D eigenvalue weighted by atomic mass is 10.1. The van der Waals surface area contributed by atoms with Crippen LogP contribution in [0.15, 0.2) is 36.7 Å². The van der Waals surface area contributed by atoms with Gasteiger partial charge in [0.2, 0.25) is 0 Å². The van der Waals surface area contributed by atoms with E-state index in [9.17, 15) is 4.79 Å². The first kappa shape index (κ1) is 17.0. The second-order valence-corrected chi connectivity index (χ2v) is 7.55. The largest absolute Gasteiger partial charge is 0.338 e. The molecule has 0 radical (unpaired) electrons. The summed E-state index contributed by atoms with van der Waals surface area (Å²) in [6.45, 7) is 2.50. The van der Waals surface area contributed by atoms with Crippen molar-refractivity contribution < 1.29 is 4.79 Å². The van der Waals surface area contributed by atoms with Gasteiger partial charge in [-0.1, -0.05) is 17.3 Å². The van der Waals surface area contributed by atoms with Crippen LogP contribution in [0.25, 0.3) is 5.69 Å². The number of alkyl halides is 2. The van der Waals surface area contributed by atoms with Gasteiger partial charge < -0.3 is 10.6 Å². The van der Waals surface area contributed by atoms with Crippen molar-refractivity contribution in [3.05, 3.63) is 42.2 Å². The molecule has 0 bridgehead atoms. The molecule has 0 aliphatic heterocycles. The average Bonchev–Trinajstić information content (AvgIpc) is 2.95. The zero-order valence-corrected chi connectivity index (χ0v) is 14.8. The number of carbonyl (C=O) groups excluding carboxylic acids is 1. The summed E-state index contributed by atoms with van der Waals surface area (Å²) in [5, 5.41) is 13.5. The molecule has 8 heteroatoms. The second-order valence-electron chi connectivity index (χ2n) is 6.01. The number of hydrogen-bond donors (Lipinski definition) is 2. The third-order valence-corrected chi connectivity index (χ3v) is 5.09. The van der Waals surface area contributed by atoms with Crippen molar-refractivity contribution in [1.29, 1.82) is 0 Å². The van der Waals surface area contributed by atoms with Crippen LogP contribution in [0.1, 0.15) is 31.4 Å². The highest BCUT2D eigenvalue weighted by molar-refractivity contribution is 6.50. The Morgan fingerprint density at radius 2 is 2.12 bits per heavy atom. The normalized spacial score (nSPS) is 19.5. The highest BCUT2D eigenvalue weighted by atomic mass is 35.5. The SMILES string of the molecule is CC(NC(=O)NCCC1CC1(Cl)Cl)c1ccc(-n2ccnn2)cc1. The molecular weight excluding hydrogens is 349 g/mol. The Bertz CT molecular complexity index is 687. The molecule has 2 amide bonds. The Kier molecular flexibility index (Phi) is 4.96. The zero-order chi connectivity index (χ0) is 17.2. The van der Waals surface area contributed by atoms with E-state index in [4.69, 9.17) is 23.2 Å². The molecule has 1 aliphatic carbocycles. The number of urea groups is 1. The van der Waals surface area contributed by atoms with Crippen LogP contribution < -0.4 is 10.6 Å². The standard InChI is InChI=1S/C16H19Cl2N5O/c1-11(21-15(24)19-7-6-13-10-16(13,17)18)12-2-4-14(5-3-12)23-9-8-20-22-23/h2-5,8-9,11,13H,6-7,10H2,1H3,(H2,19,21,24). The predicted molar refractivity (Wildman–Crippen MR) is 93.5 cm³/mol. The lowest BCUT2D eigenvalue weighted by molar-refractivity contribution is 0.237. The number of nitrogens with one attached hydrogen (secondary N) is 2. The van der Waals surface area contributed by atoms with E-state index in [0.717, 1.165) is 24.1 Å². The van der Waals surface area contributed by atoms with Crippen LogP contribution in [0.2, 0.25) is 0 Å². The van der Waals surface area contributed by atoms with Crippen molar-refractivity contribution in [2.75, 3.05) is 6.54 Å². The lowest BCUT2D eigenvalue weighted by Crippen LogP contribution is -2.37. The molecule has 2 unspecified atom stereocenters. The Morgan fingerprint density at radius 3 is 2.71 bits per heavy atom. The Labute approximate surface area is 150 Å². The average molecular weight is 368 g/mol. The van der Waals surface area contributed by atoms with Crippen LogP contribution in [0.3, 0.4) is 0 Å². The van der Waals surface area contributed by atoms with Crippen molar-refractivity contribution in [3.8, 4) is 5.69 Å². The van der Waals surface area contributed by atoms with Crippen LogP contribution in [0.4, 0.5) is 4.79 Å². The first-order valence-corrected chi connectivity index (χ1v) is 8.60. The van der Waals surface area contributed by atoms with Crippen LogP contribution in [-0.2, 0) is 0 Å². The van der Waals surface area contributed by atoms with Gasteiger partial charge in [0, 0.05) is 6.54 Å². The van der Waals surface area contributed by atoms with Gasteiger partial charge in [-0.25, -0.2) is 9.48 Å². The van der Waals surface area contributed by atoms with E-state index in [1.807, 2.05) is 31.2 Å². The number of hydrogen-bond acceptors (Lipinski definition) is 3. The Balaban J connectivity index is 1.45. The van der Waals surface area contributed by atoms with Gasteiger partial charge in [-0.2, -0.15) is 0 Å². The molecule has 1 aliphatic rings. The number of amides is 2. The fourth-order valence-electron chi connectivity index (χ4n) is 2.54. The summed E-state index contributed by atoms with van der Waals surface area (Å²) in [6, 6.07) is 7.50. The van der Waals surface area contributed by atoms with E-state index >= 15 is 0 Å². The van der Waals surface area contributed by atoms with Gasteiger partial charge in [-0.05, 0) is 43.4 Å². The highest BCUT2D eigenvalue weighted by Gasteiger charge is 2.50. The van der Waals surface area contributed by atoms with Gasteiger partial charge in [-0.3, -0.25) is 0 Å². The summed E-state index contributed by atoms with van der Waals surface area (Å²) in [6.07, 6.45) is 5.00. The van der Waals surface area contributed by atoms with Crippen LogP contribution >= 0.6 is 23.2 Å². The molecule has 24 heavy (non-hydrogen) atoms. The van der Waals surface area contributed by atoms with Gasteiger partial charge >= 0.3 is 6.03 Å². The number of benzene rings is 1. The van der Waals surface area contributed by atoms with Crippen molar-refractivity contribution in [3.63, 3.8) is 0 Å². The monoisotopic (exact) mass is 367 g/mol. The molecule has 3 rings (SSSR count). The van der Waals surface area contributed by atoms with Crippen molar-refractivity contribution in [1.82, 2.24) is 25.6 Å².